The number of nitrogens with two attached hydrogens (primary N) is 1. The number of hydrogen-bond donors (Lipinski definition) is 1. The van der Waals surface area contributed by atoms with Crippen LogP contribution in [-0.2, 0) is 9.63 Å². The van der Waals surface area contributed by atoms with Crippen LogP contribution in [0.4, 0.5) is 5.82 Å². The number of carbonyl (C=O) groups excluding carboxylic acids is 1. The highest BCUT2D eigenvalue weighted by atomic mass is 16.6. The Morgan fingerprint density at radius 3 is 3.00 bits per heavy atom. The minimum Gasteiger partial charge on any atom is -0.386 e. The average molecular weight is 330 g/mol. The summed E-state index contributed by atoms with van der Waals surface area (Å²) < 4.78 is 0. The molecule has 0 aliphatic carbocycles. The van der Waals surface area contributed by atoms with Gasteiger partial charge in [0.1, 0.15) is 11.9 Å². The lowest BCUT2D eigenvalue weighted by atomic mass is 10.2. The average Bonchev–Trinajstić information content (AvgIpc) is 2.58. The summed E-state index contributed by atoms with van der Waals surface area (Å²) in [5.41, 5.74) is 6.04. The standard InChI is InChI=1S/C16H22N6O2/c1-12(18)8-20-24-11-16(23)22-6-5-21(10-13(22)2)15-4-3-14(7-17)9-19-15/h3-4,8-9,12-13H,5-6,10-11,18H2,1-2H3/b20-8+/t12?,13-/m1/s1. The molecule has 1 aromatic rings. The molecule has 1 aliphatic rings. The lowest BCUT2D eigenvalue weighted by Gasteiger charge is -2.40. The first kappa shape index (κ1) is 17.7. The lowest BCUT2D eigenvalue weighted by Crippen LogP contribution is -2.55. The molecule has 128 valence electrons. The van der Waals surface area contributed by atoms with Crippen molar-refractivity contribution >= 4 is 17.9 Å². The number of pyridine rings is 1. The van der Waals surface area contributed by atoms with Crippen LogP contribution in [0.2, 0.25) is 0 Å². The fourth-order valence-corrected chi connectivity index (χ4v) is 2.49. The molecule has 0 spiro atoms. The molecule has 0 bridgehead atoms. The number of piperazine rings is 1. The van der Waals surface area contributed by atoms with Crippen LogP contribution >= 0.6 is 0 Å². The molecule has 2 rings (SSSR count). The number of hydrogen-bond acceptors (Lipinski definition) is 7. The van der Waals surface area contributed by atoms with Crippen molar-refractivity contribution < 1.29 is 9.63 Å². The third kappa shape index (κ3) is 4.67. The molecule has 8 heteroatoms. The first-order chi connectivity index (χ1) is 11.5. The number of anilines is 1. The highest BCUT2D eigenvalue weighted by Gasteiger charge is 2.28. The lowest BCUT2D eigenvalue weighted by molar-refractivity contribution is -0.138. The van der Waals surface area contributed by atoms with Crippen molar-refractivity contribution in [2.75, 3.05) is 31.1 Å². The number of carbonyl (C=O) groups is 1. The Morgan fingerprint density at radius 2 is 2.42 bits per heavy atom. The van der Waals surface area contributed by atoms with Crippen molar-refractivity contribution in [2.45, 2.75) is 25.9 Å². The molecular formula is C16H22N6O2. The second-order valence-electron chi connectivity index (χ2n) is 5.79. The normalized spacial score (nSPS) is 19.2. The highest BCUT2D eigenvalue weighted by Crippen LogP contribution is 2.17. The van der Waals surface area contributed by atoms with Crippen molar-refractivity contribution in [3.8, 4) is 6.07 Å². The van der Waals surface area contributed by atoms with Gasteiger partial charge in [-0.05, 0) is 26.0 Å². The van der Waals surface area contributed by atoms with E-state index in [9.17, 15) is 4.79 Å². The Labute approximate surface area is 141 Å². The largest absolute Gasteiger partial charge is 0.386 e. The van der Waals surface area contributed by atoms with Gasteiger partial charge in [0, 0.05) is 37.9 Å². The van der Waals surface area contributed by atoms with Gasteiger partial charge in [-0.25, -0.2) is 4.98 Å². The Bertz CT molecular complexity index is 622. The number of aromatic nitrogens is 1. The van der Waals surface area contributed by atoms with Crippen molar-refractivity contribution in [3.05, 3.63) is 23.9 Å². The van der Waals surface area contributed by atoms with E-state index in [-0.39, 0.29) is 24.6 Å². The van der Waals surface area contributed by atoms with Gasteiger partial charge >= 0.3 is 0 Å². The smallest absolute Gasteiger partial charge is 0.263 e. The van der Waals surface area contributed by atoms with Crippen molar-refractivity contribution in [2.24, 2.45) is 10.9 Å². The summed E-state index contributed by atoms with van der Waals surface area (Å²) in [5, 5.41) is 12.5. The minimum absolute atomic E-state index is 0.0321. The van der Waals surface area contributed by atoms with Gasteiger partial charge in [0.2, 0.25) is 0 Å². The predicted molar refractivity (Wildman–Crippen MR) is 90.4 cm³/mol. The van der Waals surface area contributed by atoms with E-state index >= 15 is 0 Å². The van der Waals surface area contributed by atoms with Gasteiger partial charge in [-0.15, -0.1) is 0 Å². The molecule has 1 fully saturated rings. The molecule has 2 atom stereocenters. The molecular weight excluding hydrogens is 308 g/mol. The Balaban J connectivity index is 1.87. The summed E-state index contributed by atoms with van der Waals surface area (Å²) in [4.78, 5) is 25.4. The fourth-order valence-electron chi connectivity index (χ4n) is 2.49. The Kier molecular flexibility index (Phi) is 6.09. The van der Waals surface area contributed by atoms with Crippen molar-refractivity contribution in [1.82, 2.24) is 9.88 Å². The van der Waals surface area contributed by atoms with Crippen LogP contribution < -0.4 is 10.6 Å². The second-order valence-corrected chi connectivity index (χ2v) is 5.79. The third-order valence-corrected chi connectivity index (χ3v) is 3.71. The van der Waals surface area contributed by atoms with Crippen LogP contribution in [0.15, 0.2) is 23.5 Å². The van der Waals surface area contributed by atoms with Gasteiger partial charge in [-0.2, -0.15) is 5.26 Å². The number of nitrogens with zero attached hydrogens (tertiary/aromatic N) is 5. The van der Waals surface area contributed by atoms with Gasteiger partial charge in [0.15, 0.2) is 6.61 Å². The number of rotatable bonds is 5. The Morgan fingerprint density at radius 1 is 1.62 bits per heavy atom. The zero-order valence-electron chi connectivity index (χ0n) is 13.9. The molecule has 2 heterocycles. The summed E-state index contributed by atoms with van der Waals surface area (Å²) in [6, 6.07) is 5.45. The van der Waals surface area contributed by atoms with Crippen molar-refractivity contribution in [3.63, 3.8) is 0 Å². The molecule has 24 heavy (non-hydrogen) atoms. The molecule has 1 aromatic heterocycles. The fraction of sp³-hybridized carbons (Fsp3) is 0.500. The Hall–Kier alpha value is -2.66. The van der Waals surface area contributed by atoms with Crippen LogP contribution in [0.5, 0.6) is 0 Å². The van der Waals surface area contributed by atoms with E-state index < -0.39 is 0 Å². The molecule has 1 aliphatic heterocycles. The molecule has 2 N–H and O–H groups in total. The summed E-state index contributed by atoms with van der Waals surface area (Å²) in [7, 11) is 0. The SMILES string of the molecule is CC(N)/C=N/OCC(=O)N1CCN(c2ccc(C#N)cn2)C[C@H]1C. The van der Waals surface area contributed by atoms with Crippen LogP contribution in [0.1, 0.15) is 19.4 Å². The van der Waals surface area contributed by atoms with E-state index in [1.165, 1.54) is 6.21 Å². The van der Waals surface area contributed by atoms with E-state index in [4.69, 9.17) is 15.8 Å². The molecule has 1 saturated heterocycles. The molecule has 0 aromatic carbocycles. The van der Waals surface area contributed by atoms with Crippen LogP contribution in [0.25, 0.3) is 0 Å². The topological polar surface area (TPSA) is 108 Å². The van der Waals surface area contributed by atoms with Crippen LogP contribution in [0, 0.1) is 11.3 Å². The van der Waals surface area contributed by atoms with Gasteiger partial charge in [-0.1, -0.05) is 5.16 Å². The quantitative estimate of drug-likeness (QED) is 0.616. The molecule has 1 amide bonds. The zero-order chi connectivity index (χ0) is 17.5. The monoisotopic (exact) mass is 330 g/mol. The number of amides is 1. The molecule has 0 saturated carbocycles. The van der Waals surface area contributed by atoms with Gasteiger partial charge in [0.25, 0.3) is 5.91 Å². The summed E-state index contributed by atoms with van der Waals surface area (Å²) in [5.74, 6) is 0.711. The number of oxime groups is 1. The molecule has 0 radical (unpaired) electrons. The maximum Gasteiger partial charge on any atom is 0.263 e. The maximum absolute atomic E-state index is 12.2. The first-order valence-corrected chi connectivity index (χ1v) is 7.83. The van der Waals surface area contributed by atoms with Gasteiger partial charge in [0.05, 0.1) is 11.8 Å². The summed E-state index contributed by atoms with van der Waals surface area (Å²) in [6.07, 6.45) is 3.01. The van der Waals surface area contributed by atoms with E-state index in [1.54, 1.807) is 24.1 Å². The summed E-state index contributed by atoms with van der Waals surface area (Å²) >= 11 is 0. The first-order valence-electron chi connectivity index (χ1n) is 7.83. The minimum atomic E-state index is -0.206. The van der Waals surface area contributed by atoms with Crippen molar-refractivity contribution in [1.29, 1.82) is 5.26 Å². The second kappa shape index (κ2) is 8.26. The highest BCUT2D eigenvalue weighted by molar-refractivity contribution is 5.78. The van der Waals surface area contributed by atoms with E-state index in [0.717, 1.165) is 5.82 Å². The molecule has 1 unspecified atom stereocenters. The predicted octanol–water partition coefficient (Wildman–Crippen LogP) is 0.340. The van der Waals surface area contributed by atoms with E-state index in [1.807, 2.05) is 13.0 Å². The van der Waals surface area contributed by atoms with Crippen LogP contribution in [0.3, 0.4) is 0 Å². The van der Waals surface area contributed by atoms with Gasteiger partial charge < -0.3 is 20.4 Å². The number of nitriles is 1. The third-order valence-electron chi connectivity index (χ3n) is 3.71. The summed E-state index contributed by atoms with van der Waals surface area (Å²) in [6.45, 7) is 5.60. The zero-order valence-corrected chi connectivity index (χ0v) is 13.9. The molecule has 8 nitrogen and oxygen atoms in total. The maximum atomic E-state index is 12.2. The van der Waals surface area contributed by atoms with E-state index in [2.05, 4.69) is 21.1 Å². The van der Waals surface area contributed by atoms with Gasteiger partial charge in [-0.3, -0.25) is 4.79 Å². The van der Waals surface area contributed by atoms with E-state index in [0.29, 0.717) is 25.2 Å². The van der Waals surface area contributed by atoms with Crippen LogP contribution in [-0.4, -0.2) is 60.3 Å².